The van der Waals surface area contributed by atoms with Gasteiger partial charge in [0.2, 0.25) is 5.22 Å². The molecule has 166 valence electrons. The molecular formula is C21H51NO2Si4+2. The van der Waals surface area contributed by atoms with Crippen molar-refractivity contribution >= 4 is 39.4 Å². The summed E-state index contributed by atoms with van der Waals surface area (Å²) in [6, 6.07) is 0. The summed E-state index contributed by atoms with van der Waals surface area (Å²) in [6.07, 6.45) is 9.19. The van der Waals surface area contributed by atoms with Crippen molar-refractivity contribution in [2.24, 2.45) is 0 Å². The fourth-order valence-corrected chi connectivity index (χ4v) is 11.3. The molecule has 0 aromatic heterocycles. The van der Waals surface area contributed by atoms with Crippen LogP contribution >= 0.6 is 0 Å². The van der Waals surface area contributed by atoms with Crippen molar-refractivity contribution in [3.8, 4) is 0 Å². The van der Waals surface area contributed by atoms with Gasteiger partial charge in [-0.25, -0.2) is 0 Å². The average Bonchev–Trinajstić information content (AvgIpc) is 2.77. The Bertz CT molecular complexity index is 353. The Balaban J connectivity index is 5.83. The monoisotopic (exact) mass is 461 g/mol. The summed E-state index contributed by atoms with van der Waals surface area (Å²) in [5, 5.41) is 0.601. The molecule has 0 atom stereocenters. The fraction of sp³-hybridized carbons (Fsp3) is 1.00. The highest BCUT2D eigenvalue weighted by molar-refractivity contribution is 6.41. The zero-order valence-electron chi connectivity index (χ0n) is 20.8. The molecule has 0 radical (unpaired) electrons. The van der Waals surface area contributed by atoms with Gasteiger partial charge in [-0.2, -0.15) is 4.43 Å². The average molecular weight is 462 g/mol. The van der Waals surface area contributed by atoms with Gasteiger partial charge in [0.05, 0.1) is 22.6 Å². The Morgan fingerprint density at radius 2 is 1.29 bits per heavy atom. The highest BCUT2D eigenvalue weighted by atomic mass is 28.2. The van der Waals surface area contributed by atoms with Gasteiger partial charge in [0, 0.05) is 18.0 Å². The molecular weight excluding hydrogens is 411 g/mol. The summed E-state index contributed by atoms with van der Waals surface area (Å²) < 4.78 is 14.0. The van der Waals surface area contributed by atoms with Crippen LogP contribution in [0.2, 0.25) is 11.6 Å². The smallest absolute Gasteiger partial charge is 0.413 e. The summed E-state index contributed by atoms with van der Waals surface area (Å²) >= 11 is 0. The van der Waals surface area contributed by atoms with Crippen molar-refractivity contribution in [2.45, 2.75) is 134 Å². The first kappa shape index (κ1) is 28.7. The van der Waals surface area contributed by atoms with Crippen molar-refractivity contribution in [2.75, 3.05) is 0 Å². The largest absolute Gasteiger partial charge is 0.474 e. The minimum absolute atomic E-state index is 0.0254. The summed E-state index contributed by atoms with van der Waals surface area (Å²) in [6.45, 7) is 21.1. The van der Waals surface area contributed by atoms with Crippen molar-refractivity contribution in [1.29, 1.82) is 0 Å². The van der Waals surface area contributed by atoms with Gasteiger partial charge in [0.25, 0.3) is 0 Å². The zero-order chi connectivity index (χ0) is 21.9. The molecule has 0 spiro atoms. The molecule has 0 aromatic carbocycles. The Labute approximate surface area is 187 Å². The second-order valence-corrected chi connectivity index (χ2v) is 14.0. The maximum atomic E-state index is 7.13. The predicted molar refractivity (Wildman–Crippen MR) is 137 cm³/mol. The van der Waals surface area contributed by atoms with Gasteiger partial charge in [0.15, 0.2) is 9.76 Å². The third-order valence-corrected chi connectivity index (χ3v) is 17.1. The third kappa shape index (κ3) is 6.14. The summed E-state index contributed by atoms with van der Waals surface area (Å²) in [4.78, 5) is 3.76. The van der Waals surface area contributed by atoms with E-state index in [1.165, 1.54) is 12.8 Å². The summed E-state index contributed by atoms with van der Waals surface area (Å²) in [7, 11) is 0.585. The van der Waals surface area contributed by atoms with E-state index in [0.717, 1.165) is 48.9 Å². The van der Waals surface area contributed by atoms with E-state index in [2.05, 4.69) is 66.9 Å². The van der Waals surface area contributed by atoms with Crippen LogP contribution in [-0.4, -0.2) is 55.4 Å². The van der Waals surface area contributed by atoms with Gasteiger partial charge in [-0.3, -0.25) is 0 Å². The van der Waals surface area contributed by atoms with Gasteiger partial charge in [-0.15, -0.1) is 0 Å². The lowest BCUT2D eigenvalue weighted by molar-refractivity contribution is -0.00766. The number of hydrogen-bond donors (Lipinski definition) is 1. The van der Waals surface area contributed by atoms with Gasteiger partial charge in [-0.1, -0.05) is 55.4 Å². The second kappa shape index (κ2) is 13.2. The van der Waals surface area contributed by atoms with Crippen molar-refractivity contribution in [3.63, 3.8) is 0 Å². The van der Waals surface area contributed by atoms with Crippen molar-refractivity contribution in [3.05, 3.63) is 0 Å². The number of rotatable bonds is 17. The molecule has 0 fully saturated rings. The third-order valence-electron chi connectivity index (χ3n) is 8.06. The van der Waals surface area contributed by atoms with Crippen LogP contribution in [-0.2, 0) is 8.85 Å². The van der Waals surface area contributed by atoms with Crippen LogP contribution < -0.4 is 4.98 Å². The minimum Gasteiger partial charge on any atom is -0.413 e. The molecule has 28 heavy (non-hydrogen) atoms. The van der Waals surface area contributed by atoms with E-state index >= 15 is 0 Å². The van der Waals surface area contributed by atoms with Crippen LogP contribution in [0.15, 0.2) is 0 Å². The lowest BCUT2D eigenvalue weighted by atomic mass is 9.78. The Kier molecular flexibility index (Phi) is 13.6. The molecule has 0 bridgehead atoms. The molecule has 0 amide bonds. The van der Waals surface area contributed by atoms with E-state index in [4.69, 9.17) is 8.85 Å². The van der Waals surface area contributed by atoms with Crippen molar-refractivity contribution in [1.82, 2.24) is 4.98 Å². The standard InChI is InChI=1S/C21H51NO2Si4/c1-10-18(11-2,23-28-20(14-5,15-6)22-25)19(12-3,13-4)27-24-21(16-7,17-8)26-9/h22,26-27H,10-17,28H2,1-9,25H3/q+2. The van der Waals surface area contributed by atoms with Crippen LogP contribution in [0.25, 0.3) is 0 Å². The molecule has 0 heterocycles. The molecule has 0 aromatic rings. The van der Waals surface area contributed by atoms with E-state index in [9.17, 15) is 0 Å². The Morgan fingerprint density at radius 3 is 1.57 bits per heavy atom. The van der Waals surface area contributed by atoms with Gasteiger partial charge in [-0.05, 0) is 38.5 Å². The quantitative estimate of drug-likeness (QED) is 0.337. The second-order valence-electron chi connectivity index (χ2n) is 8.39. The molecule has 0 saturated heterocycles. The number of nitrogens with one attached hydrogen (secondary N) is 1. The molecule has 3 nitrogen and oxygen atoms in total. The predicted octanol–water partition coefficient (Wildman–Crippen LogP) is 3.38. The SMILES string of the molecule is CCC(CC)(O[SiH+]C(CC)(CC)C(CC)(CC)O[SiH2]C(CC)(CC)N[SiH3])[SiH+]C. The van der Waals surface area contributed by atoms with E-state index in [0.29, 0.717) is 9.52 Å². The molecule has 0 rings (SSSR count). The topological polar surface area (TPSA) is 30.5 Å². The van der Waals surface area contributed by atoms with E-state index in [1.54, 1.807) is 0 Å². The first-order valence-corrected chi connectivity index (χ1v) is 17.0. The Hall–Kier alpha value is 0.748. The first-order chi connectivity index (χ1) is 13.3. The molecule has 0 aliphatic heterocycles. The summed E-state index contributed by atoms with van der Waals surface area (Å²) in [5.41, 5.74) is -0.0254. The maximum absolute atomic E-state index is 7.13. The van der Waals surface area contributed by atoms with Gasteiger partial charge >= 0.3 is 19.3 Å². The minimum atomic E-state index is -0.686. The Morgan fingerprint density at radius 1 is 0.786 bits per heavy atom. The molecule has 7 heteroatoms. The maximum Gasteiger partial charge on any atom is 0.474 e. The van der Waals surface area contributed by atoms with Gasteiger partial charge in [0.1, 0.15) is 5.04 Å². The first-order valence-electron chi connectivity index (χ1n) is 11.9. The molecule has 0 aliphatic rings. The lowest BCUT2D eigenvalue weighted by Crippen LogP contribution is -2.56. The van der Waals surface area contributed by atoms with Crippen molar-refractivity contribution < 1.29 is 8.85 Å². The molecule has 0 saturated carbocycles. The highest BCUT2D eigenvalue weighted by Crippen LogP contribution is 2.52. The van der Waals surface area contributed by atoms with E-state index < -0.39 is 9.76 Å². The van der Waals surface area contributed by atoms with Crippen LogP contribution in [0.1, 0.15) is 107 Å². The number of hydrogen-bond acceptors (Lipinski definition) is 3. The molecule has 0 aliphatic carbocycles. The lowest BCUT2D eigenvalue weighted by Gasteiger charge is -2.46. The molecule has 0 unspecified atom stereocenters. The molecule has 1 N–H and O–H groups in total. The van der Waals surface area contributed by atoms with E-state index in [1.807, 2.05) is 0 Å². The summed E-state index contributed by atoms with van der Waals surface area (Å²) in [5.74, 6) is 0. The van der Waals surface area contributed by atoms with Gasteiger partial charge < -0.3 is 9.41 Å². The normalized spacial score (nSPS) is 14.2. The van der Waals surface area contributed by atoms with Crippen LogP contribution in [0, 0.1) is 0 Å². The van der Waals surface area contributed by atoms with Crippen LogP contribution in [0.4, 0.5) is 0 Å². The highest BCUT2D eigenvalue weighted by Gasteiger charge is 2.59. The van der Waals surface area contributed by atoms with Crippen LogP contribution in [0.5, 0.6) is 0 Å². The van der Waals surface area contributed by atoms with Crippen LogP contribution in [0.3, 0.4) is 0 Å². The van der Waals surface area contributed by atoms with E-state index in [-0.39, 0.29) is 30.8 Å². The zero-order valence-corrected chi connectivity index (χ0v) is 26.6. The fourth-order valence-electron chi connectivity index (χ4n) is 4.75.